The number of aliphatic imine (C=N–C) groups is 1. The minimum Gasteiger partial charge on any atom is -0.378 e. The van der Waals surface area contributed by atoms with E-state index in [-0.39, 0.29) is 5.69 Å². The summed E-state index contributed by atoms with van der Waals surface area (Å²) in [6.07, 6.45) is 1.78. The highest BCUT2D eigenvalue weighted by Gasteiger charge is 2.07. The Balaban J connectivity index is 1.73. The molecule has 0 fully saturated rings. The molecule has 0 aliphatic rings. The Morgan fingerprint density at radius 3 is 2.40 bits per heavy atom. The van der Waals surface area contributed by atoms with E-state index >= 15 is 0 Å². The lowest BCUT2D eigenvalue weighted by molar-refractivity contribution is -0.384. The summed E-state index contributed by atoms with van der Waals surface area (Å²) < 4.78 is 0. The van der Waals surface area contributed by atoms with Crippen molar-refractivity contribution in [1.82, 2.24) is 4.98 Å². The van der Waals surface area contributed by atoms with Crippen molar-refractivity contribution in [3.8, 4) is 11.3 Å². The van der Waals surface area contributed by atoms with Crippen molar-refractivity contribution in [2.75, 3.05) is 19.0 Å². The van der Waals surface area contributed by atoms with Gasteiger partial charge in [-0.15, -0.1) is 11.3 Å². The zero-order valence-corrected chi connectivity index (χ0v) is 14.6. The average Bonchev–Trinajstić information content (AvgIpc) is 3.09. The molecule has 2 aromatic carbocycles. The number of anilines is 1. The fourth-order valence-corrected chi connectivity index (χ4v) is 2.87. The highest BCUT2D eigenvalue weighted by molar-refractivity contribution is 7.13. The molecular weight excluding hydrogens is 336 g/mol. The number of hydrogen-bond acceptors (Lipinski definition) is 6. The Kier molecular flexibility index (Phi) is 4.85. The fourth-order valence-electron chi connectivity index (χ4n) is 2.20. The minimum atomic E-state index is -0.415. The van der Waals surface area contributed by atoms with Crippen LogP contribution in [0.15, 0.2) is 58.9 Å². The van der Waals surface area contributed by atoms with Crippen LogP contribution in [0.1, 0.15) is 5.56 Å². The van der Waals surface area contributed by atoms with E-state index in [1.807, 2.05) is 48.6 Å². The number of rotatable bonds is 5. The molecule has 0 bridgehead atoms. The van der Waals surface area contributed by atoms with Crippen molar-refractivity contribution in [3.05, 3.63) is 69.6 Å². The highest BCUT2D eigenvalue weighted by atomic mass is 32.1. The molecular formula is C18H16N4O2S. The third-order valence-electron chi connectivity index (χ3n) is 3.60. The van der Waals surface area contributed by atoms with Crippen molar-refractivity contribution in [2.24, 2.45) is 4.99 Å². The van der Waals surface area contributed by atoms with Crippen molar-refractivity contribution < 1.29 is 4.92 Å². The number of nitrogens with zero attached hydrogens (tertiary/aromatic N) is 4. The zero-order valence-electron chi connectivity index (χ0n) is 13.8. The summed E-state index contributed by atoms with van der Waals surface area (Å²) in [6.45, 7) is 0. The number of hydrogen-bond donors (Lipinski definition) is 0. The number of nitro benzene ring substituents is 1. The summed E-state index contributed by atoms with van der Waals surface area (Å²) in [5.41, 5.74) is 3.79. The largest absolute Gasteiger partial charge is 0.378 e. The molecule has 126 valence electrons. The van der Waals surface area contributed by atoms with Crippen LogP contribution in [0, 0.1) is 10.1 Å². The molecule has 0 saturated heterocycles. The molecule has 0 spiro atoms. The Labute approximate surface area is 149 Å². The molecule has 0 N–H and O–H groups in total. The molecule has 0 aliphatic carbocycles. The summed E-state index contributed by atoms with van der Waals surface area (Å²) in [5.74, 6) is 0. The molecule has 0 aliphatic heterocycles. The van der Waals surface area contributed by atoms with Gasteiger partial charge in [-0.05, 0) is 29.8 Å². The van der Waals surface area contributed by atoms with Gasteiger partial charge >= 0.3 is 0 Å². The van der Waals surface area contributed by atoms with Crippen LogP contribution in [0.25, 0.3) is 11.3 Å². The van der Waals surface area contributed by atoms with Crippen LogP contribution in [-0.4, -0.2) is 30.2 Å². The van der Waals surface area contributed by atoms with E-state index in [4.69, 9.17) is 0 Å². The van der Waals surface area contributed by atoms with Gasteiger partial charge in [0, 0.05) is 49.1 Å². The van der Waals surface area contributed by atoms with Gasteiger partial charge in [0.2, 0.25) is 5.13 Å². The van der Waals surface area contributed by atoms with Crippen LogP contribution in [0.5, 0.6) is 0 Å². The molecule has 7 heteroatoms. The smallest absolute Gasteiger partial charge is 0.269 e. The van der Waals surface area contributed by atoms with E-state index < -0.39 is 4.92 Å². The van der Waals surface area contributed by atoms with Crippen LogP contribution < -0.4 is 4.90 Å². The molecule has 0 atom stereocenters. The molecule has 6 nitrogen and oxygen atoms in total. The Hall–Kier alpha value is -3.06. The first kappa shape index (κ1) is 16.8. The number of thiazole rings is 1. The number of non-ortho nitro benzene ring substituents is 1. The van der Waals surface area contributed by atoms with E-state index in [0.717, 1.165) is 22.5 Å². The summed E-state index contributed by atoms with van der Waals surface area (Å²) in [7, 11) is 4.00. The first-order valence-electron chi connectivity index (χ1n) is 7.55. The molecule has 0 saturated carbocycles. The van der Waals surface area contributed by atoms with Crippen molar-refractivity contribution in [2.45, 2.75) is 0 Å². The van der Waals surface area contributed by atoms with Crippen molar-refractivity contribution >= 4 is 34.1 Å². The highest BCUT2D eigenvalue weighted by Crippen LogP contribution is 2.28. The van der Waals surface area contributed by atoms with E-state index in [9.17, 15) is 10.1 Å². The van der Waals surface area contributed by atoms with Gasteiger partial charge in [0.1, 0.15) is 0 Å². The van der Waals surface area contributed by atoms with Crippen molar-refractivity contribution in [1.29, 1.82) is 0 Å². The molecule has 3 aromatic rings. The number of aromatic nitrogens is 1. The lowest BCUT2D eigenvalue weighted by Gasteiger charge is -2.11. The topological polar surface area (TPSA) is 71.6 Å². The third-order valence-corrected chi connectivity index (χ3v) is 4.35. The van der Waals surface area contributed by atoms with E-state index in [0.29, 0.717) is 5.13 Å². The zero-order chi connectivity index (χ0) is 17.8. The van der Waals surface area contributed by atoms with Gasteiger partial charge in [-0.25, -0.2) is 9.98 Å². The van der Waals surface area contributed by atoms with Crippen LogP contribution in [0.3, 0.4) is 0 Å². The SMILES string of the molecule is CN(C)c1ccc(C=Nc2nc(-c3ccc([N+](=O)[O-])cc3)cs2)cc1. The molecule has 0 amide bonds. The summed E-state index contributed by atoms with van der Waals surface area (Å²) in [4.78, 5) is 21.2. The van der Waals surface area contributed by atoms with Crippen LogP contribution in [-0.2, 0) is 0 Å². The molecule has 3 rings (SSSR count). The quantitative estimate of drug-likeness (QED) is 0.384. The van der Waals surface area contributed by atoms with Crippen molar-refractivity contribution in [3.63, 3.8) is 0 Å². The van der Waals surface area contributed by atoms with Gasteiger partial charge < -0.3 is 4.90 Å². The second-order valence-corrected chi connectivity index (χ2v) is 6.40. The predicted molar refractivity (Wildman–Crippen MR) is 102 cm³/mol. The lowest BCUT2D eigenvalue weighted by Crippen LogP contribution is -2.08. The standard InChI is InChI=1S/C18H16N4O2S/c1-21(2)15-7-3-13(4-8-15)11-19-18-20-17(12-25-18)14-5-9-16(10-6-14)22(23)24/h3-12H,1-2H3. The van der Waals surface area contributed by atoms with E-state index in [2.05, 4.69) is 9.98 Å². The minimum absolute atomic E-state index is 0.0680. The number of nitro groups is 1. The third kappa shape index (κ3) is 4.07. The maximum Gasteiger partial charge on any atom is 0.269 e. The predicted octanol–water partition coefficient (Wildman–Crippen LogP) is 4.53. The lowest BCUT2D eigenvalue weighted by atomic mass is 10.1. The molecule has 0 unspecified atom stereocenters. The summed E-state index contributed by atoms with van der Waals surface area (Å²) in [6, 6.07) is 14.4. The second kappa shape index (κ2) is 7.23. The molecule has 1 aromatic heterocycles. The average molecular weight is 352 g/mol. The molecule has 1 heterocycles. The maximum absolute atomic E-state index is 10.7. The van der Waals surface area contributed by atoms with Crippen LogP contribution >= 0.6 is 11.3 Å². The van der Waals surface area contributed by atoms with Gasteiger partial charge in [0.25, 0.3) is 5.69 Å². The van der Waals surface area contributed by atoms with E-state index in [1.54, 1.807) is 18.3 Å². The maximum atomic E-state index is 10.7. The second-order valence-electron chi connectivity index (χ2n) is 5.56. The monoisotopic (exact) mass is 352 g/mol. The van der Waals surface area contributed by atoms with Gasteiger partial charge in [-0.1, -0.05) is 12.1 Å². The van der Waals surface area contributed by atoms with E-state index in [1.165, 1.54) is 23.5 Å². The van der Waals surface area contributed by atoms with Gasteiger partial charge in [0.15, 0.2) is 0 Å². The Morgan fingerprint density at radius 2 is 1.80 bits per heavy atom. The Morgan fingerprint density at radius 1 is 1.12 bits per heavy atom. The van der Waals surface area contributed by atoms with Crippen LogP contribution in [0.2, 0.25) is 0 Å². The summed E-state index contributed by atoms with van der Waals surface area (Å²) >= 11 is 1.43. The number of benzene rings is 2. The van der Waals surface area contributed by atoms with Crippen LogP contribution in [0.4, 0.5) is 16.5 Å². The van der Waals surface area contributed by atoms with Gasteiger partial charge in [-0.3, -0.25) is 10.1 Å². The Bertz CT molecular complexity index is 900. The van der Waals surface area contributed by atoms with Gasteiger partial charge in [-0.2, -0.15) is 0 Å². The fraction of sp³-hybridized carbons (Fsp3) is 0.111. The summed E-state index contributed by atoms with van der Waals surface area (Å²) in [5, 5.41) is 13.2. The first-order chi connectivity index (χ1) is 12.0. The normalized spacial score (nSPS) is 11.0. The molecule has 0 radical (unpaired) electrons. The van der Waals surface area contributed by atoms with Gasteiger partial charge in [0.05, 0.1) is 10.6 Å². The molecule has 25 heavy (non-hydrogen) atoms. The first-order valence-corrected chi connectivity index (χ1v) is 8.43.